The zero-order valence-electron chi connectivity index (χ0n) is 26.9. The molecule has 0 spiro atoms. The topological polar surface area (TPSA) is 40.5 Å². The predicted octanol–water partition coefficient (Wildman–Crippen LogP) is 12.3. The molecular formula is C38H62O2. The first kappa shape index (κ1) is 34.2. The average molecular weight is 551 g/mol. The summed E-state index contributed by atoms with van der Waals surface area (Å²) in [6, 6.07) is 8.61. The second kappa shape index (κ2) is 20.0. The van der Waals surface area contributed by atoms with Gasteiger partial charge in [-0.15, -0.1) is 0 Å². The molecule has 0 radical (unpaired) electrons. The van der Waals surface area contributed by atoms with Gasteiger partial charge in [0.05, 0.1) is 0 Å². The Morgan fingerprint density at radius 2 is 0.675 bits per heavy atom. The number of hydrogen-bond acceptors (Lipinski definition) is 2. The molecule has 0 unspecified atom stereocenters. The molecule has 2 rings (SSSR count). The Bertz CT molecular complexity index is 856. The highest BCUT2D eigenvalue weighted by Crippen LogP contribution is 2.37. The Labute approximate surface area is 248 Å². The molecule has 0 heterocycles. The molecule has 0 atom stereocenters. The highest BCUT2D eigenvalue weighted by Gasteiger charge is 2.18. The van der Waals surface area contributed by atoms with Gasteiger partial charge in [-0.3, -0.25) is 0 Å². The van der Waals surface area contributed by atoms with Gasteiger partial charge in [-0.25, -0.2) is 0 Å². The zero-order chi connectivity index (χ0) is 29.2. The Balaban J connectivity index is 1.61. The van der Waals surface area contributed by atoms with E-state index in [0.29, 0.717) is 17.4 Å². The third kappa shape index (κ3) is 12.7. The molecule has 0 aliphatic carbocycles. The van der Waals surface area contributed by atoms with E-state index in [1.807, 2.05) is 27.7 Å². The minimum absolute atomic E-state index is 0.293. The van der Waals surface area contributed by atoms with Gasteiger partial charge in [0, 0.05) is 5.92 Å². The van der Waals surface area contributed by atoms with Crippen LogP contribution in [-0.2, 0) is 0 Å². The molecule has 2 aromatic carbocycles. The van der Waals surface area contributed by atoms with E-state index in [1.54, 1.807) is 0 Å². The number of aromatic hydroxyl groups is 2. The largest absolute Gasteiger partial charge is 0.507 e. The van der Waals surface area contributed by atoms with Gasteiger partial charge in [-0.1, -0.05) is 153 Å². The van der Waals surface area contributed by atoms with E-state index >= 15 is 0 Å². The quantitative estimate of drug-likeness (QED) is 0.143. The second-order valence-electron chi connectivity index (χ2n) is 12.7. The molecule has 0 aromatic heterocycles. The summed E-state index contributed by atoms with van der Waals surface area (Å²) in [7, 11) is 0. The molecule has 0 amide bonds. The van der Waals surface area contributed by atoms with E-state index in [4.69, 9.17) is 0 Å². The Morgan fingerprint density at radius 3 is 0.950 bits per heavy atom. The smallest absolute Gasteiger partial charge is 0.121 e. The summed E-state index contributed by atoms with van der Waals surface area (Å²) in [5.41, 5.74) is 6.33. The van der Waals surface area contributed by atoms with E-state index in [2.05, 4.69) is 31.2 Å². The van der Waals surface area contributed by atoms with Crippen LogP contribution in [0.1, 0.15) is 175 Å². The SMILES string of the molecule is CCCCCCCCCCCCCCCCCCCCCC(c1cc(C)c(O)c(C)c1)c1cc(C)c(O)c(C)c1. The molecule has 226 valence electrons. The van der Waals surface area contributed by atoms with E-state index in [1.165, 1.54) is 133 Å². The second-order valence-corrected chi connectivity index (χ2v) is 12.7. The average Bonchev–Trinajstić information content (AvgIpc) is 2.93. The van der Waals surface area contributed by atoms with Crippen molar-refractivity contribution >= 4 is 0 Å². The van der Waals surface area contributed by atoms with Crippen molar-refractivity contribution in [1.82, 2.24) is 0 Å². The lowest BCUT2D eigenvalue weighted by Crippen LogP contribution is -2.04. The number of phenols is 2. The van der Waals surface area contributed by atoms with Crippen molar-refractivity contribution in [2.45, 2.75) is 169 Å². The van der Waals surface area contributed by atoms with E-state index < -0.39 is 0 Å². The van der Waals surface area contributed by atoms with Gasteiger partial charge < -0.3 is 10.2 Å². The van der Waals surface area contributed by atoms with Crippen LogP contribution in [0.2, 0.25) is 0 Å². The van der Waals surface area contributed by atoms with Crippen LogP contribution in [0, 0.1) is 27.7 Å². The number of hydrogen-bond donors (Lipinski definition) is 2. The van der Waals surface area contributed by atoms with Crippen molar-refractivity contribution in [3.8, 4) is 11.5 Å². The molecule has 2 nitrogen and oxygen atoms in total. The van der Waals surface area contributed by atoms with Gasteiger partial charge in [0.2, 0.25) is 0 Å². The predicted molar refractivity (Wildman–Crippen MR) is 175 cm³/mol. The summed E-state index contributed by atoms with van der Waals surface area (Å²) in [5.74, 6) is 1.11. The maximum atomic E-state index is 10.3. The fourth-order valence-corrected chi connectivity index (χ4v) is 6.33. The number of aryl methyl sites for hydroxylation is 4. The van der Waals surface area contributed by atoms with Crippen molar-refractivity contribution in [3.05, 3.63) is 57.6 Å². The first-order valence-corrected chi connectivity index (χ1v) is 16.9. The molecule has 0 saturated carbocycles. The van der Waals surface area contributed by atoms with Gasteiger partial charge in [-0.2, -0.15) is 0 Å². The zero-order valence-corrected chi connectivity index (χ0v) is 26.9. The van der Waals surface area contributed by atoms with Crippen LogP contribution < -0.4 is 0 Å². The highest BCUT2D eigenvalue weighted by molar-refractivity contribution is 5.49. The Morgan fingerprint density at radius 1 is 0.425 bits per heavy atom. The summed E-state index contributed by atoms with van der Waals surface area (Å²) in [5, 5.41) is 20.6. The van der Waals surface area contributed by atoms with Gasteiger partial charge >= 0.3 is 0 Å². The first-order chi connectivity index (χ1) is 19.3. The lowest BCUT2D eigenvalue weighted by molar-refractivity contribution is 0.465. The molecule has 0 fully saturated rings. The normalized spacial score (nSPS) is 11.6. The third-order valence-electron chi connectivity index (χ3n) is 8.93. The van der Waals surface area contributed by atoms with Gasteiger partial charge in [-0.05, 0) is 67.5 Å². The molecule has 2 aromatic rings. The number of benzene rings is 2. The van der Waals surface area contributed by atoms with Crippen LogP contribution >= 0.6 is 0 Å². The molecular weight excluding hydrogens is 488 g/mol. The van der Waals surface area contributed by atoms with Crippen molar-refractivity contribution in [3.63, 3.8) is 0 Å². The number of phenolic OH excluding ortho intramolecular Hbond substituents is 2. The maximum Gasteiger partial charge on any atom is 0.121 e. The van der Waals surface area contributed by atoms with E-state index in [-0.39, 0.29) is 0 Å². The lowest BCUT2D eigenvalue weighted by Gasteiger charge is -2.21. The Hall–Kier alpha value is -1.96. The van der Waals surface area contributed by atoms with Crippen LogP contribution in [0.25, 0.3) is 0 Å². The van der Waals surface area contributed by atoms with Gasteiger partial charge in [0.15, 0.2) is 0 Å². The highest BCUT2D eigenvalue weighted by atomic mass is 16.3. The van der Waals surface area contributed by atoms with Gasteiger partial charge in [0.25, 0.3) is 0 Å². The minimum Gasteiger partial charge on any atom is -0.507 e. The first-order valence-electron chi connectivity index (χ1n) is 16.9. The fourth-order valence-electron chi connectivity index (χ4n) is 6.33. The van der Waals surface area contributed by atoms with Crippen molar-refractivity contribution in [2.75, 3.05) is 0 Å². The number of unbranched alkanes of at least 4 members (excludes halogenated alkanes) is 18. The van der Waals surface area contributed by atoms with Crippen molar-refractivity contribution < 1.29 is 10.2 Å². The van der Waals surface area contributed by atoms with Gasteiger partial charge in [0.1, 0.15) is 11.5 Å². The standard InChI is InChI=1S/C38H62O2/c1-6-7-8-9-10-11-12-13-14-15-16-17-18-19-20-21-22-23-24-25-36(34-26-30(2)37(39)31(3)27-34)35-28-32(4)38(40)33(5)29-35/h26-29,36,39-40H,6-25H2,1-5H3. The Kier molecular flexibility index (Phi) is 17.1. The van der Waals surface area contributed by atoms with Crippen LogP contribution in [0.5, 0.6) is 11.5 Å². The summed E-state index contributed by atoms with van der Waals surface area (Å²) in [6.45, 7) is 10.3. The molecule has 2 heteroatoms. The summed E-state index contributed by atoms with van der Waals surface area (Å²) in [4.78, 5) is 0. The number of rotatable bonds is 22. The molecule has 0 aliphatic rings. The van der Waals surface area contributed by atoms with Crippen LogP contribution in [0.3, 0.4) is 0 Å². The van der Waals surface area contributed by atoms with E-state index in [9.17, 15) is 10.2 Å². The molecule has 0 aliphatic heterocycles. The summed E-state index contributed by atoms with van der Waals surface area (Å²) < 4.78 is 0. The van der Waals surface area contributed by atoms with Crippen LogP contribution in [-0.4, -0.2) is 10.2 Å². The summed E-state index contributed by atoms with van der Waals surface area (Å²) >= 11 is 0. The van der Waals surface area contributed by atoms with Crippen molar-refractivity contribution in [1.29, 1.82) is 0 Å². The molecule has 0 bridgehead atoms. The third-order valence-corrected chi connectivity index (χ3v) is 8.93. The molecule has 2 N–H and O–H groups in total. The van der Waals surface area contributed by atoms with Crippen molar-refractivity contribution in [2.24, 2.45) is 0 Å². The summed E-state index contributed by atoms with van der Waals surface area (Å²) in [6.07, 6.45) is 27.7. The maximum absolute atomic E-state index is 10.3. The minimum atomic E-state index is 0.293. The lowest BCUT2D eigenvalue weighted by atomic mass is 9.83. The molecule has 40 heavy (non-hydrogen) atoms. The molecule has 0 saturated heterocycles. The van der Waals surface area contributed by atoms with E-state index in [0.717, 1.165) is 28.7 Å². The monoisotopic (exact) mass is 550 g/mol. The van der Waals surface area contributed by atoms with Crippen LogP contribution in [0.4, 0.5) is 0 Å². The fraction of sp³-hybridized carbons (Fsp3) is 0.684. The van der Waals surface area contributed by atoms with Crippen LogP contribution in [0.15, 0.2) is 24.3 Å².